The number of amides is 2. The third kappa shape index (κ3) is 7.08. The number of hydrogen-bond acceptors (Lipinski definition) is 7. The van der Waals surface area contributed by atoms with Gasteiger partial charge >= 0.3 is 6.03 Å². The number of halogens is 2. The molecule has 1 aliphatic heterocycles. The molecule has 0 atom stereocenters. The second kappa shape index (κ2) is 12.9. The highest BCUT2D eigenvalue weighted by Gasteiger charge is 2.24. The third-order valence-electron chi connectivity index (χ3n) is 6.23. The molecular weight excluding hydrogens is 551 g/mol. The number of urea groups is 1. The number of aromatic nitrogens is 1. The smallest absolute Gasteiger partial charge is 0.319 e. The molecule has 0 saturated carbocycles. The van der Waals surface area contributed by atoms with Crippen LogP contribution < -0.4 is 29.6 Å². The van der Waals surface area contributed by atoms with Crippen LogP contribution in [-0.2, 0) is 6.54 Å². The minimum absolute atomic E-state index is 0.235. The Balaban J connectivity index is 1.31. The van der Waals surface area contributed by atoms with Crippen LogP contribution in [0.4, 0.5) is 14.9 Å². The van der Waals surface area contributed by atoms with Crippen molar-refractivity contribution in [3.63, 3.8) is 0 Å². The third-order valence-corrected chi connectivity index (χ3v) is 6.55. The zero-order chi connectivity index (χ0) is 28.8. The lowest BCUT2D eigenvalue weighted by Crippen LogP contribution is -2.28. The molecule has 5 rings (SSSR count). The molecule has 2 heterocycles. The van der Waals surface area contributed by atoms with Gasteiger partial charge in [-0.15, -0.1) is 0 Å². The average Bonchev–Trinajstić information content (AvgIpc) is 2.96. The Kier molecular flexibility index (Phi) is 8.91. The van der Waals surface area contributed by atoms with Crippen molar-refractivity contribution in [2.24, 2.45) is 0 Å². The number of fused-ring (bicyclic) bond motifs is 3. The van der Waals surface area contributed by atoms with Gasteiger partial charge in [0.15, 0.2) is 11.5 Å². The summed E-state index contributed by atoms with van der Waals surface area (Å²) >= 11 is 6.47. The van der Waals surface area contributed by atoms with Gasteiger partial charge in [-0.2, -0.15) is 0 Å². The van der Waals surface area contributed by atoms with E-state index >= 15 is 0 Å². The molecule has 4 aromatic rings. The molecule has 0 aliphatic carbocycles. The second-order valence-corrected chi connectivity index (χ2v) is 10.0. The van der Waals surface area contributed by atoms with Crippen molar-refractivity contribution < 1.29 is 28.1 Å². The molecule has 214 valence electrons. The van der Waals surface area contributed by atoms with Crippen LogP contribution in [0.1, 0.15) is 12.0 Å². The van der Waals surface area contributed by atoms with Crippen molar-refractivity contribution in [3.05, 3.63) is 77.2 Å². The predicted molar refractivity (Wildman–Crippen MR) is 155 cm³/mol. The summed E-state index contributed by atoms with van der Waals surface area (Å²) < 4.78 is 37.3. The number of carbonyl (C=O) groups excluding carboxylic acids is 1. The minimum Gasteiger partial charge on any atom is -0.489 e. The van der Waals surface area contributed by atoms with E-state index in [1.54, 1.807) is 42.6 Å². The highest BCUT2D eigenvalue weighted by molar-refractivity contribution is 6.33. The first-order valence-electron chi connectivity index (χ1n) is 13.1. The largest absolute Gasteiger partial charge is 0.489 e. The number of anilines is 1. The van der Waals surface area contributed by atoms with Crippen LogP contribution in [-0.4, -0.2) is 56.4 Å². The number of pyridine rings is 1. The van der Waals surface area contributed by atoms with Crippen LogP contribution in [0.5, 0.6) is 28.7 Å². The van der Waals surface area contributed by atoms with Crippen molar-refractivity contribution in [2.75, 3.05) is 45.8 Å². The van der Waals surface area contributed by atoms with Crippen LogP contribution in [0.25, 0.3) is 10.9 Å². The molecule has 0 bridgehead atoms. The summed E-state index contributed by atoms with van der Waals surface area (Å²) in [7, 11) is 4.04. The van der Waals surface area contributed by atoms with E-state index in [0.717, 1.165) is 18.5 Å². The van der Waals surface area contributed by atoms with Crippen LogP contribution in [0, 0.1) is 5.82 Å². The van der Waals surface area contributed by atoms with E-state index in [-0.39, 0.29) is 17.4 Å². The molecule has 0 spiro atoms. The van der Waals surface area contributed by atoms with Crippen LogP contribution in [0.15, 0.2) is 60.8 Å². The van der Waals surface area contributed by atoms with Gasteiger partial charge in [-0.05, 0) is 56.4 Å². The maximum absolute atomic E-state index is 13.1. The maximum Gasteiger partial charge on any atom is 0.319 e. The Hall–Kier alpha value is -4.28. The molecule has 2 N–H and O–H groups in total. The fraction of sp³-hybridized carbons (Fsp3) is 0.267. The quantitative estimate of drug-likeness (QED) is 0.214. The number of benzene rings is 3. The summed E-state index contributed by atoms with van der Waals surface area (Å²) in [6, 6.07) is 13.9. The van der Waals surface area contributed by atoms with Gasteiger partial charge in [0.05, 0.1) is 28.2 Å². The van der Waals surface area contributed by atoms with E-state index in [1.807, 2.05) is 20.2 Å². The molecule has 1 aliphatic rings. The summed E-state index contributed by atoms with van der Waals surface area (Å²) in [6.45, 7) is 2.46. The zero-order valence-corrected chi connectivity index (χ0v) is 23.5. The van der Waals surface area contributed by atoms with E-state index in [0.29, 0.717) is 65.2 Å². The molecule has 0 fully saturated rings. The lowest BCUT2D eigenvalue weighted by molar-refractivity contribution is 0.163. The van der Waals surface area contributed by atoms with Gasteiger partial charge in [-0.3, -0.25) is 4.98 Å². The molecule has 41 heavy (non-hydrogen) atoms. The molecule has 2 amide bonds. The first-order chi connectivity index (χ1) is 19.9. The number of rotatable bonds is 10. The Morgan fingerprint density at radius 1 is 1.05 bits per heavy atom. The topological polar surface area (TPSA) is 94.2 Å². The molecule has 3 aromatic carbocycles. The van der Waals surface area contributed by atoms with Crippen molar-refractivity contribution in [2.45, 2.75) is 13.0 Å². The van der Waals surface area contributed by atoms with E-state index in [4.69, 9.17) is 30.5 Å². The second-order valence-electron chi connectivity index (χ2n) is 9.62. The van der Waals surface area contributed by atoms with Crippen LogP contribution in [0.3, 0.4) is 0 Å². The van der Waals surface area contributed by atoms with Crippen molar-refractivity contribution in [3.8, 4) is 28.7 Å². The van der Waals surface area contributed by atoms with Gasteiger partial charge in [0.2, 0.25) is 5.75 Å². The zero-order valence-electron chi connectivity index (χ0n) is 22.7. The van der Waals surface area contributed by atoms with Crippen molar-refractivity contribution in [1.29, 1.82) is 0 Å². The SMILES string of the molecule is CN(C)CCCOc1cc2nccc(Oc3ccc(NC(=O)NCc4ccc(F)cc4)c(Cl)c3)c2c2c1OCCO2. The summed E-state index contributed by atoms with van der Waals surface area (Å²) in [4.78, 5) is 19.0. The fourth-order valence-corrected chi connectivity index (χ4v) is 4.49. The van der Waals surface area contributed by atoms with E-state index in [2.05, 4.69) is 20.5 Å². The van der Waals surface area contributed by atoms with Gasteiger partial charge < -0.3 is 34.5 Å². The summed E-state index contributed by atoms with van der Waals surface area (Å²) in [5.41, 5.74) is 1.80. The number of hydrogen-bond donors (Lipinski definition) is 2. The molecule has 9 nitrogen and oxygen atoms in total. The molecule has 0 unspecified atom stereocenters. The van der Waals surface area contributed by atoms with E-state index < -0.39 is 6.03 Å². The molecule has 0 radical (unpaired) electrons. The van der Waals surface area contributed by atoms with Gasteiger partial charge in [-0.1, -0.05) is 23.7 Å². The van der Waals surface area contributed by atoms with Crippen molar-refractivity contribution >= 4 is 34.2 Å². The number of nitrogens with zero attached hydrogens (tertiary/aromatic N) is 2. The Labute approximate surface area is 242 Å². The molecule has 0 saturated heterocycles. The lowest BCUT2D eigenvalue weighted by Gasteiger charge is -2.23. The van der Waals surface area contributed by atoms with Gasteiger partial charge in [0, 0.05) is 31.4 Å². The Morgan fingerprint density at radius 2 is 1.83 bits per heavy atom. The van der Waals surface area contributed by atoms with Crippen LogP contribution >= 0.6 is 11.6 Å². The maximum atomic E-state index is 13.1. The summed E-state index contributed by atoms with van der Waals surface area (Å²) in [5, 5.41) is 6.37. The van der Waals surface area contributed by atoms with Crippen molar-refractivity contribution in [1.82, 2.24) is 15.2 Å². The molecular formula is C30H30ClFN4O5. The fourth-order valence-electron chi connectivity index (χ4n) is 4.27. The summed E-state index contributed by atoms with van der Waals surface area (Å²) in [5.74, 6) is 2.24. The normalized spacial score (nSPS) is 12.3. The Morgan fingerprint density at radius 3 is 2.59 bits per heavy atom. The monoisotopic (exact) mass is 580 g/mol. The van der Waals surface area contributed by atoms with E-state index in [9.17, 15) is 9.18 Å². The Bertz CT molecular complexity index is 1530. The minimum atomic E-state index is -0.450. The van der Waals surface area contributed by atoms with Crippen LogP contribution in [0.2, 0.25) is 5.02 Å². The average molecular weight is 581 g/mol. The first-order valence-corrected chi connectivity index (χ1v) is 13.5. The molecule has 11 heteroatoms. The van der Waals surface area contributed by atoms with Gasteiger partial charge in [0.1, 0.15) is 30.5 Å². The predicted octanol–water partition coefficient (Wildman–Crippen LogP) is 6.24. The standard InChI is InChI=1S/C30H30ClFN4O5/c1-36(2)12-3-13-38-26-17-24-27(29-28(26)39-14-15-40-29)25(10-11-33-24)41-21-8-9-23(22(31)16-21)35-30(37)34-18-19-4-6-20(32)7-5-19/h4-11,16-17H,3,12-15,18H2,1-2H3,(H2,34,35,37). The highest BCUT2D eigenvalue weighted by atomic mass is 35.5. The number of nitrogens with one attached hydrogen (secondary N) is 2. The lowest BCUT2D eigenvalue weighted by atomic mass is 10.1. The van der Waals surface area contributed by atoms with E-state index in [1.165, 1.54) is 12.1 Å². The highest BCUT2D eigenvalue weighted by Crippen LogP contribution is 2.48. The van der Waals surface area contributed by atoms with Gasteiger partial charge in [-0.25, -0.2) is 9.18 Å². The first kappa shape index (κ1) is 28.3. The number of ether oxygens (including phenoxy) is 4. The summed E-state index contributed by atoms with van der Waals surface area (Å²) in [6.07, 6.45) is 2.51. The molecule has 1 aromatic heterocycles. The number of carbonyl (C=O) groups is 1. The van der Waals surface area contributed by atoms with Gasteiger partial charge in [0.25, 0.3) is 0 Å².